The summed E-state index contributed by atoms with van der Waals surface area (Å²) in [6, 6.07) is 2.50. The van der Waals surface area contributed by atoms with E-state index >= 15 is 0 Å². The monoisotopic (exact) mass is 306 g/mol. The van der Waals surface area contributed by atoms with Crippen molar-refractivity contribution in [3.05, 3.63) is 0 Å². The molecular formula is C20H38N2. The average molecular weight is 307 g/mol. The maximum Gasteiger partial charge on any atom is 0.0200 e. The van der Waals surface area contributed by atoms with Gasteiger partial charge < -0.3 is 5.32 Å². The van der Waals surface area contributed by atoms with E-state index in [9.17, 15) is 0 Å². The van der Waals surface area contributed by atoms with Gasteiger partial charge in [-0.15, -0.1) is 0 Å². The van der Waals surface area contributed by atoms with Gasteiger partial charge in [0.15, 0.2) is 0 Å². The fourth-order valence-corrected chi connectivity index (χ4v) is 5.13. The van der Waals surface area contributed by atoms with Crippen LogP contribution in [0.4, 0.5) is 0 Å². The van der Waals surface area contributed by atoms with Crippen LogP contribution in [0.15, 0.2) is 0 Å². The highest BCUT2D eigenvalue weighted by Crippen LogP contribution is 2.35. The smallest absolute Gasteiger partial charge is 0.0200 e. The van der Waals surface area contributed by atoms with E-state index in [0.717, 1.165) is 30.0 Å². The molecule has 1 heterocycles. The molecule has 3 rings (SSSR count). The standard InChI is InChI=1S/C20H38N2/c1-3-4-8-17-13-19(21-18-9-6-5-7-10-18)15-22(14-17)20-12-11-16(20)2/h16-21H,3-15H2,1-2H3. The van der Waals surface area contributed by atoms with E-state index in [4.69, 9.17) is 0 Å². The van der Waals surface area contributed by atoms with E-state index in [1.807, 2.05) is 0 Å². The van der Waals surface area contributed by atoms with Crippen molar-refractivity contribution in [2.45, 2.75) is 103 Å². The first-order chi connectivity index (χ1) is 10.8. The van der Waals surface area contributed by atoms with Gasteiger partial charge in [0.25, 0.3) is 0 Å². The first-order valence-corrected chi connectivity index (χ1v) is 10.3. The molecule has 2 aliphatic carbocycles. The van der Waals surface area contributed by atoms with Crippen LogP contribution in [-0.4, -0.2) is 36.1 Å². The molecule has 2 saturated carbocycles. The molecule has 0 radical (unpaired) electrons. The van der Waals surface area contributed by atoms with Gasteiger partial charge in [-0.25, -0.2) is 0 Å². The molecule has 2 heteroatoms. The molecule has 2 nitrogen and oxygen atoms in total. The summed E-state index contributed by atoms with van der Waals surface area (Å²) in [4.78, 5) is 2.87. The van der Waals surface area contributed by atoms with Gasteiger partial charge in [0.2, 0.25) is 0 Å². The predicted molar refractivity (Wildman–Crippen MR) is 95.2 cm³/mol. The van der Waals surface area contributed by atoms with E-state index in [1.165, 1.54) is 83.7 Å². The summed E-state index contributed by atoms with van der Waals surface area (Å²) < 4.78 is 0. The van der Waals surface area contributed by atoms with Crippen LogP contribution in [0.3, 0.4) is 0 Å². The van der Waals surface area contributed by atoms with E-state index in [2.05, 4.69) is 24.1 Å². The van der Waals surface area contributed by atoms with Crippen LogP contribution in [0.1, 0.15) is 84.5 Å². The Labute approximate surface area is 138 Å². The molecule has 128 valence electrons. The molecule has 1 aliphatic heterocycles. The number of hydrogen-bond donors (Lipinski definition) is 1. The molecule has 0 aromatic carbocycles. The molecule has 4 unspecified atom stereocenters. The van der Waals surface area contributed by atoms with Gasteiger partial charge in [-0.05, 0) is 50.4 Å². The third kappa shape index (κ3) is 4.26. The normalized spacial score (nSPS) is 37.9. The van der Waals surface area contributed by atoms with Crippen LogP contribution >= 0.6 is 0 Å². The fraction of sp³-hybridized carbons (Fsp3) is 1.00. The molecule has 0 aromatic heterocycles. The summed E-state index contributed by atoms with van der Waals surface area (Å²) in [5.74, 6) is 1.89. The van der Waals surface area contributed by atoms with Gasteiger partial charge in [0.1, 0.15) is 0 Å². The number of unbranched alkanes of at least 4 members (excludes halogenated alkanes) is 1. The molecule has 0 aromatic rings. The van der Waals surface area contributed by atoms with E-state index in [0.29, 0.717) is 0 Å². The van der Waals surface area contributed by atoms with Crippen LogP contribution in [0.25, 0.3) is 0 Å². The number of rotatable bonds is 6. The quantitative estimate of drug-likeness (QED) is 0.772. The SMILES string of the molecule is CCCCC1CC(NC2CCCCC2)CN(C2CCC2C)C1. The summed E-state index contributed by atoms with van der Waals surface area (Å²) in [6.45, 7) is 7.52. The Morgan fingerprint density at radius 2 is 1.77 bits per heavy atom. The maximum absolute atomic E-state index is 4.07. The maximum atomic E-state index is 4.07. The van der Waals surface area contributed by atoms with Gasteiger partial charge in [-0.2, -0.15) is 0 Å². The number of hydrogen-bond acceptors (Lipinski definition) is 2. The molecule has 22 heavy (non-hydrogen) atoms. The molecule has 1 N–H and O–H groups in total. The second-order valence-corrected chi connectivity index (χ2v) is 8.52. The Morgan fingerprint density at radius 1 is 0.955 bits per heavy atom. The third-order valence-corrected chi connectivity index (χ3v) is 6.65. The Bertz CT molecular complexity index is 324. The lowest BCUT2D eigenvalue weighted by atomic mass is 9.77. The molecule has 4 atom stereocenters. The van der Waals surface area contributed by atoms with E-state index in [1.54, 1.807) is 0 Å². The summed E-state index contributed by atoms with van der Waals surface area (Å²) >= 11 is 0. The zero-order chi connectivity index (χ0) is 15.4. The fourth-order valence-electron chi connectivity index (χ4n) is 5.13. The summed E-state index contributed by atoms with van der Waals surface area (Å²) in [5, 5.41) is 4.07. The summed E-state index contributed by atoms with van der Waals surface area (Å²) in [5.41, 5.74) is 0. The topological polar surface area (TPSA) is 15.3 Å². The number of nitrogens with one attached hydrogen (secondary N) is 1. The lowest BCUT2D eigenvalue weighted by molar-refractivity contribution is 0.0180. The predicted octanol–water partition coefficient (Wildman–Crippen LogP) is 4.59. The second-order valence-electron chi connectivity index (χ2n) is 8.52. The van der Waals surface area contributed by atoms with Crippen molar-refractivity contribution < 1.29 is 0 Å². The largest absolute Gasteiger partial charge is 0.310 e. The third-order valence-electron chi connectivity index (χ3n) is 6.65. The van der Waals surface area contributed by atoms with E-state index < -0.39 is 0 Å². The molecule has 3 fully saturated rings. The van der Waals surface area contributed by atoms with E-state index in [-0.39, 0.29) is 0 Å². The van der Waals surface area contributed by atoms with Crippen molar-refractivity contribution in [3.63, 3.8) is 0 Å². The van der Waals surface area contributed by atoms with Crippen molar-refractivity contribution in [1.82, 2.24) is 10.2 Å². The highest BCUT2D eigenvalue weighted by atomic mass is 15.2. The molecule has 0 amide bonds. The zero-order valence-corrected chi connectivity index (χ0v) is 15.0. The lowest BCUT2D eigenvalue weighted by Gasteiger charge is -2.49. The van der Waals surface area contributed by atoms with Crippen molar-refractivity contribution in [1.29, 1.82) is 0 Å². The molecule has 1 saturated heterocycles. The van der Waals surface area contributed by atoms with Crippen LogP contribution in [0.2, 0.25) is 0 Å². The first-order valence-electron chi connectivity index (χ1n) is 10.3. The Kier molecular flexibility index (Phi) is 6.21. The number of nitrogens with zero attached hydrogens (tertiary/aromatic N) is 1. The highest BCUT2D eigenvalue weighted by molar-refractivity contribution is 4.93. The first kappa shape index (κ1) is 16.8. The molecule has 0 bridgehead atoms. The van der Waals surface area contributed by atoms with Crippen molar-refractivity contribution in [2.75, 3.05) is 13.1 Å². The minimum atomic E-state index is 0.770. The Morgan fingerprint density at radius 3 is 2.41 bits per heavy atom. The minimum absolute atomic E-state index is 0.770. The van der Waals surface area contributed by atoms with Crippen molar-refractivity contribution in [3.8, 4) is 0 Å². The second kappa shape index (κ2) is 8.15. The van der Waals surface area contributed by atoms with Crippen molar-refractivity contribution >= 4 is 0 Å². The van der Waals surface area contributed by atoms with Gasteiger partial charge in [-0.3, -0.25) is 4.90 Å². The van der Waals surface area contributed by atoms with Gasteiger partial charge in [0, 0.05) is 31.2 Å². The summed E-state index contributed by atoms with van der Waals surface area (Å²) in [7, 11) is 0. The molecular weight excluding hydrogens is 268 g/mol. The molecule has 0 spiro atoms. The zero-order valence-electron chi connectivity index (χ0n) is 15.0. The highest BCUT2D eigenvalue weighted by Gasteiger charge is 2.37. The van der Waals surface area contributed by atoms with Crippen LogP contribution < -0.4 is 5.32 Å². The van der Waals surface area contributed by atoms with Gasteiger partial charge in [0.05, 0.1) is 0 Å². The van der Waals surface area contributed by atoms with Crippen molar-refractivity contribution in [2.24, 2.45) is 11.8 Å². The Hall–Kier alpha value is -0.0800. The van der Waals surface area contributed by atoms with Crippen LogP contribution in [-0.2, 0) is 0 Å². The number of piperidine rings is 1. The average Bonchev–Trinajstić information content (AvgIpc) is 2.52. The van der Waals surface area contributed by atoms with Crippen LogP contribution in [0.5, 0.6) is 0 Å². The lowest BCUT2D eigenvalue weighted by Crippen LogP contribution is -2.58. The minimum Gasteiger partial charge on any atom is -0.310 e. The van der Waals surface area contributed by atoms with Gasteiger partial charge in [-0.1, -0.05) is 46.0 Å². The van der Waals surface area contributed by atoms with Crippen LogP contribution in [0, 0.1) is 11.8 Å². The summed E-state index contributed by atoms with van der Waals surface area (Å²) in [6.07, 6.45) is 15.8. The van der Waals surface area contributed by atoms with Gasteiger partial charge >= 0.3 is 0 Å². The number of likely N-dealkylation sites (tertiary alicyclic amines) is 1. The Balaban J connectivity index is 1.55. The molecule has 3 aliphatic rings.